The Kier molecular flexibility index (Phi) is 4.93. The van der Waals surface area contributed by atoms with Gasteiger partial charge in [-0.25, -0.2) is 0 Å². The molecule has 0 aliphatic heterocycles. The molecule has 0 aliphatic carbocycles. The molecule has 0 radical (unpaired) electrons. The minimum absolute atomic E-state index is 0.0192. The Balaban J connectivity index is 2.85. The van der Waals surface area contributed by atoms with Crippen molar-refractivity contribution in [3.05, 3.63) is 29.8 Å². The summed E-state index contributed by atoms with van der Waals surface area (Å²) in [7, 11) is -3.59. The summed E-state index contributed by atoms with van der Waals surface area (Å²) in [5, 5.41) is 0. The zero-order chi connectivity index (χ0) is 13.8. The van der Waals surface area contributed by atoms with Gasteiger partial charge in [0.25, 0.3) is 10.1 Å². The minimum Gasteiger partial charge on any atom is -0.266 e. The van der Waals surface area contributed by atoms with Crippen molar-refractivity contribution < 1.29 is 12.6 Å². The van der Waals surface area contributed by atoms with Gasteiger partial charge >= 0.3 is 0 Å². The first kappa shape index (κ1) is 15.2. The Hall–Kier alpha value is -0.870. The van der Waals surface area contributed by atoms with Gasteiger partial charge in [0.1, 0.15) is 0 Å². The summed E-state index contributed by atoms with van der Waals surface area (Å²) in [6.07, 6.45) is 1.66. The second-order valence-corrected chi connectivity index (χ2v) is 7.02. The largest absolute Gasteiger partial charge is 0.296 e. The molecule has 0 unspecified atom stereocenters. The van der Waals surface area contributed by atoms with Crippen LogP contribution in [-0.2, 0) is 19.7 Å². The maximum atomic E-state index is 11.8. The third-order valence-electron chi connectivity index (χ3n) is 2.75. The van der Waals surface area contributed by atoms with E-state index in [2.05, 4.69) is 20.8 Å². The van der Waals surface area contributed by atoms with Gasteiger partial charge in [0.05, 0.1) is 11.5 Å². The lowest BCUT2D eigenvalue weighted by Gasteiger charge is -2.19. The van der Waals surface area contributed by atoms with E-state index in [1.807, 2.05) is 19.1 Å². The second-order valence-electron chi connectivity index (χ2n) is 5.40. The first-order chi connectivity index (χ1) is 8.27. The molecule has 18 heavy (non-hydrogen) atoms. The van der Waals surface area contributed by atoms with Crippen LogP contribution < -0.4 is 0 Å². The molecular formula is C14H22O3S. The lowest BCUT2D eigenvalue weighted by molar-refractivity contribution is 0.311. The molecule has 0 spiro atoms. The Morgan fingerprint density at radius 1 is 1.11 bits per heavy atom. The monoisotopic (exact) mass is 270 g/mol. The molecule has 1 rings (SSSR count). The molecule has 4 heteroatoms. The van der Waals surface area contributed by atoms with Crippen molar-refractivity contribution in [2.75, 3.05) is 6.61 Å². The Bertz CT molecular complexity index is 467. The van der Waals surface area contributed by atoms with Crippen molar-refractivity contribution in [3.63, 3.8) is 0 Å². The molecule has 0 bridgehead atoms. The number of unbranched alkanes of at least 4 members (excludes halogenated alkanes) is 1. The molecule has 0 saturated carbocycles. The topological polar surface area (TPSA) is 43.4 Å². The number of hydrogen-bond acceptors (Lipinski definition) is 3. The Labute approximate surface area is 110 Å². The van der Waals surface area contributed by atoms with Gasteiger partial charge in [-0.1, -0.05) is 46.2 Å². The maximum absolute atomic E-state index is 11.8. The summed E-state index contributed by atoms with van der Waals surface area (Å²) < 4.78 is 28.6. The quantitative estimate of drug-likeness (QED) is 0.607. The first-order valence-electron chi connectivity index (χ1n) is 6.27. The van der Waals surface area contributed by atoms with Crippen LogP contribution in [0.2, 0.25) is 0 Å². The molecule has 0 aliphatic rings. The van der Waals surface area contributed by atoms with E-state index in [1.165, 1.54) is 0 Å². The number of benzene rings is 1. The van der Waals surface area contributed by atoms with E-state index in [0.717, 1.165) is 18.4 Å². The van der Waals surface area contributed by atoms with E-state index < -0.39 is 10.1 Å². The number of hydrogen-bond donors (Lipinski definition) is 0. The van der Waals surface area contributed by atoms with Crippen LogP contribution in [0.25, 0.3) is 0 Å². The smallest absolute Gasteiger partial charge is 0.266 e. The van der Waals surface area contributed by atoms with Gasteiger partial charge in [-0.3, -0.25) is 4.18 Å². The molecule has 0 aromatic heterocycles. The highest BCUT2D eigenvalue weighted by Gasteiger charge is 2.17. The zero-order valence-corrected chi connectivity index (χ0v) is 12.4. The minimum atomic E-state index is -3.59. The fourth-order valence-corrected chi connectivity index (χ4v) is 2.45. The fourth-order valence-electron chi connectivity index (χ4n) is 1.50. The van der Waals surface area contributed by atoms with Crippen LogP contribution in [0.3, 0.4) is 0 Å². The van der Waals surface area contributed by atoms with Gasteiger partial charge in [0, 0.05) is 0 Å². The average molecular weight is 270 g/mol. The van der Waals surface area contributed by atoms with E-state index >= 15 is 0 Å². The Morgan fingerprint density at radius 3 is 2.11 bits per heavy atom. The normalized spacial score (nSPS) is 12.7. The molecule has 1 aromatic carbocycles. The average Bonchev–Trinajstić information content (AvgIpc) is 2.28. The molecule has 0 atom stereocenters. The van der Waals surface area contributed by atoms with Gasteiger partial charge in [0.2, 0.25) is 0 Å². The van der Waals surface area contributed by atoms with Crippen molar-refractivity contribution in [3.8, 4) is 0 Å². The lowest BCUT2D eigenvalue weighted by Crippen LogP contribution is -2.12. The predicted octanol–water partition coefficient (Wildman–Crippen LogP) is 3.49. The molecular weight excluding hydrogens is 248 g/mol. The summed E-state index contributed by atoms with van der Waals surface area (Å²) in [6, 6.07) is 6.91. The van der Waals surface area contributed by atoms with E-state index in [0.29, 0.717) is 0 Å². The highest BCUT2D eigenvalue weighted by Crippen LogP contribution is 2.24. The van der Waals surface area contributed by atoms with E-state index in [4.69, 9.17) is 4.18 Å². The van der Waals surface area contributed by atoms with Gasteiger partial charge in [-0.05, 0) is 29.5 Å². The summed E-state index contributed by atoms with van der Waals surface area (Å²) in [5.74, 6) is 0. The van der Waals surface area contributed by atoms with Crippen molar-refractivity contribution in [2.45, 2.75) is 50.8 Å². The summed E-state index contributed by atoms with van der Waals surface area (Å²) in [6.45, 7) is 8.52. The second kappa shape index (κ2) is 5.85. The van der Waals surface area contributed by atoms with Crippen LogP contribution in [0, 0.1) is 0 Å². The van der Waals surface area contributed by atoms with Crippen LogP contribution in [0.1, 0.15) is 46.1 Å². The van der Waals surface area contributed by atoms with E-state index in [9.17, 15) is 8.42 Å². The van der Waals surface area contributed by atoms with Gasteiger partial charge < -0.3 is 0 Å². The predicted molar refractivity (Wildman–Crippen MR) is 73.2 cm³/mol. The molecule has 1 aromatic rings. The highest BCUT2D eigenvalue weighted by atomic mass is 32.2. The maximum Gasteiger partial charge on any atom is 0.296 e. The van der Waals surface area contributed by atoms with Crippen molar-refractivity contribution in [1.82, 2.24) is 0 Å². The molecule has 0 N–H and O–H groups in total. The van der Waals surface area contributed by atoms with Crippen LogP contribution in [0.4, 0.5) is 0 Å². The summed E-state index contributed by atoms with van der Waals surface area (Å²) in [5.41, 5.74) is 1.13. The van der Waals surface area contributed by atoms with Crippen molar-refractivity contribution in [2.24, 2.45) is 0 Å². The van der Waals surface area contributed by atoms with Crippen molar-refractivity contribution in [1.29, 1.82) is 0 Å². The van der Waals surface area contributed by atoms with Crippen LogP contribution in [0.5, 0.6) is 0 Å². The number of rotatable bonds is 5. The molecule has 3 nitrogen and oxygen atoms in total. The zero-order valence-electron chi connectivity index (χ0n) is 11.6. The van der Waals surface area contributed by atoms with Crippen LogP contribution in [0.15, 0.2) is 29.2 Å². The van der Waals surface area contributed by atoms with Gasteiger partial charge in [-0.15, -0.1) is 0 Å². The molecule has 0 amide bonds. The SMILES string of the molecule is CCCCOS(=O)(=O)c1ccc(C(C)(C)C)cc1. The summed E-state index contributed by atoms with van der Waals surface area (Å²) >= 11 is 0. The highest BCUT2D eigenvalue weighted by molar-refractivity contribution is 7.86. The molecule has 0 heterocycles. The first-order valence-corrected chi connectivity index (χ1v) is 7.68. The fraction of sp³-hybridized carbons (Fsp3) is 0.571. The van der Waals surface area contributed by atoms with Crippen molar-refractivity contribution >= 4 is 10.1 Å². The third kappa shape index (κ3) is 4.10. The molecule has 0 saturated heterocycles. The van der Waals surface area contributed by atoms with Gasteiger partial charge in [-0.2, -0.15) is 8.42 Å². The third-order valence-corrected chi connectivity index (χ3v) is 4.07. The van der Waals surface area contributed by atoms with Crippen LogP contribution in [-0.4, -0.2) is 15.0 Å². The summed E-state index contributed by atoms with van der Waals surface area (Å²) in [4.78, 5) is 0.228. The van der Waals surface area contributed by atoms with E-state index in [-0.39, 0.29) is 16.9 Å². The standard InChI is InChI=1S/C14H22O3S/c1-5-6-11-17-18(15,16)13-9-7-12(8-10-13)14(2,3)4/h7-10H,5-6,11H2,1-4H3. The van der Waals surface area contributed by atoms with E-state index in [1.54, 1.807) is 12.1 Å². The molecule has 102 valence electrons. The molecule has 0 fully saturated rings. The van der Waals surface area contributed by atoms with Gasteiger partial charge in [0.15, 0.2) is 0 Å². The lowest BCUT2D eigenvalue weighted by atomic mass is 9.87. The van der Waals surface area contributed by atoms with Crippen LogP contribution >= 0.6 is 0 Å². The Morgan fingerprint density at radius 2 is 1.67 bits per heavy atom.